The van der Waals surface area contributed by atoms with Gasteiger partial charge in [0.25, 0.3) is 0 Å². The lowest BCUT2D eigenvalue weighted by atomic mass is 10.6. The predicted octanol–water partition coefficient (Wildman–Crippen LogP) is 2.50. The summed E-state index contributed by atoms with van der Waals surface area (Å²) in [5, 5.41) is 0.884. The van der Waals surface area contributed by atoms with Crippen LogP contribution in [0.4, 0.5) is 0 Å². The maximum absolute atomic E-state index is 2.31. The van der Waals surface area contributed by atoms with E-state index in [1.165, 1.54) is 17.3 Å². The van der Waals surface area contributed by atoms with Crippen LogP contribution in [0.25, 0.3) is 0 Å². The van der Waals surface area contributed by atoms with Gasteiger partial charge in [-0.15, -0.1) is 0 Å². The van der Waals surface area contributed by atoms with Gasteiger partial charge in [0.1, 0.15) is 0 Å². The molecule has 0 aromatic heterocycles. The third-order valence-electron chi connectivity index (χ3n) is 0.955. The van der Waals surface area contributed by atoms with Gasteiger partial charge in [-0.1, -0.05) is 28.5 Å². The molecule has 48 valence electrons. The summed E-state index contributed by atoms with van der Waals surface area (Å²) in [7, 11) is 4.04. The van der Waals surface area contributed by atoms with Crippen LogP contribution in [0.3, 0.4) is 0 Å². The van der Waals surface area contributed by atoms with E-state index in [1.807, 2.05) is 21.6 Å². The van der Waals surface area contributed by atoms with Crippen molar-refractivity contribution < 1.29 is 0 Å². The Balaban J connectivity index is 2.17. The first kappa shape index (κ1) is 7.16. The van der Waals surface area contributed by atoms with Crippen LogP contribution in [0.15, 0.2) is 0 Å². The first-order chi connectivity index (χ1) is 3.89. The second kappa shape index (κ2) is 3.96. The van der Waals surface area contributed by atoms with Crippen molar-refractivity contribution in [2.75, 3.05) is 17.3 Å². The van der Waals surface area contributed by atoms with Gasteiger partial charge >= 0.3 is 0 Å². The third kappa shape index (κ3) is 2.55. The van der Waals surface area contributed by atoms with E-state index >= 15 is 0 Å². The van der Waals surface area contributed by atoms with Crippen LogP contribution in [0.5, 0.6) is 0 Å². The van der Waals surface area contributed by atoms with Crippen molar-refractivity contribution in [1.82, 2.24) is 0 Å². The van der Waals surface area contributed by atoms with Crippen LogP contribution in [0.1, 0.15) is 6.92 Å². The van der Waals surface area contributed by atoms with Gasteiger partial charge in [0.15, 0.2) is 0 Å². The fourth-order valence-electron chi connectivity index (χ4n) is 0.534. The molecule has 0 nitrogen and oxygen atoms in total. The molecule has 0 saturated carbocycles. The van der Waals surface area contributed by atoms with Gasteiger partial charge < -0.3 is 0 Å². The summed E-state index contributed by atoms with van der Waals surface area (Å²) in [5.41, 5.74) is 0. The molecule has 1 atom stereocenters. The zero-order valence-corrected chi connectivity index (χ0v) is 7.37. The molecular formula is C5H10S3. The zero-order valence-electron chi connectivity index (χ0n) is 4.92. The molecule has 1 rings (SSSR count). The van der Waals surface area contributed by atoms with E-state index in [2.05, 4.69) is 18.7 Å². The van der Waals surface area contributed by atoms with E-state index in [4.69, 9.17) is 0 Å². The van der Waals surface area contributed by atoms with Gasteiger partial charge in [-0.05, 0) is 0 Å². The minimum absolute atomic E-state index is 0.884. The fourth-order valence-corrected chi connectivity index (χ4v) is 4.71. The Labute approximate surface area is 63.0 Å². The van der Waals surface area contributed by atoms with Gasteiger partial charge in [-0.2, -0.15) is 11.8 Å². The molecule has 1 heterocycles. The molecule has 0 aromatic carbocycles. The maximum Gasteiger partial charge on any atom is 0.0154 e. The molecule has 0 radical (unpaired) electrons. The van der Waals surface area contributed by atoms with Crippen LogP contribution >= 0.6 is 33.3 Å². The Morgan fingerprint density at radius 2 is 2.12 bits per heavy atom. The van der Waals surface area contributed by atoms with Crippen LogP contribution < -0.4 is 0 Å². The Morgan fingerprint density at radius 3 is 3.00 bits per heavy atom. The molecule has 0 N–H and O–H groups in total. The number of hydrogen-bond donors (Lipinski definition) is 0. The van der Waals surface area contributed by atoms with Crippen molar-refractivity contribution >= 4 is 33.3 Å². The Kier molecular flexibility index (Phi) is 3.55. The molecule has 1 unspecified atom stereocenters. The quantitative estimate of drug-likeness (QED) is 0.508. The molecule has 0 bridgehead atoms. The van der Waals surface area contributed by atoms with Crippen LogP contribution in [-0.4, -0.2) is 22.5 Å². The summed E-state index contributed by atoms with van der Waals surface area (Å²) in [5.74, 6) is 4.01. The second-order valence-corrected chi connectivity index (χ2v) is 5.96. The Bertz CT molecular complexity index is 56.7. The average Bonchev–Trinajstić information content (AvgIpc) is 1.94. The van der Waals surface area contributed by atoms with Gasteiger partial charge in [0.05, 0.1) is 0 Å². The highest BCUT2D eigenvalue weighted by Crippen LogP contribution is 2.30. The standard InChI is InChI=1S/C5H10S3/c1-5-4-8-7-3-2-6-5/h5H,2-4H2,1H3. The van der Waals surface area contributed by atoms with E-state index in [9.17, 15) is 0 Å². The minimum atomic E-state index is 0.884. The maximum atomic E-state index is 2.31. The van der Waals surface area contributed by atoms with Crippen molar-refractivity contribution in [3.63, 3.8) is 0 Å². The van der Waals surface area contributed by atoms with E-state index in [0.29, 0.717) is 0 Å². The zero-order chi connectivity index (χ0) is 5.82. The van der Waals surface area contributed by atoms with Crippen molar-refractivity contribution in [2.24, 2.45) is 0 Å². The Morgan fingerprint density at radius 1 is 1.25 bits per heavy atom. The molecule has 0 aliphatic carbocycles. The van der Waals surface area contributed by atoms with E-state index in [-0.39, 0.29) is 0 Å². The first-order valence-corrected chi connectivity index (χ1v) is 6.29. The lowest BCUT2D eigenvalue weighted by Gasteiger charge is -2.01. The number of rotatable bonds is 0. The molecule has 1 saturated heterocycles. The van der Waals surface area contributed by atoms with Gasteiger partial charge in [0, 0.05) is 22.5 Å². The van der Waals surface area contributed by atoms with Crippen LogP contribution in [-0.2, 0) is 0 Å². The normalized spacial score (nSPS) is 31.9. The fraction of sp³-hybridized carbons (Fsp3) is 1.00. The highest BCUT2D eigenvalue weighted by atomic mass is 33.1. The summed E-state index contributed by atoms with van der Waals surface area (Å²) in [6, 6.07) is 0. The topological polar surface area (TPSA) is 0 Å². The summed E-state index contributed by atoms with van der Waals surface area (Å²) in [6.45, 7) is 2.31. The van der Waals surface area contributed by atoms with E-state index < -0.39 is 0 Å². The first-order valence-electron chi connectivity index (χ1n) is 2.75. The van der Waals surface area contributed by atoms with Crippen molar-refractivity contribution in [3.05, 3.63) is 0 Å². The summed E-state index contributed by atoms with van der Waals surface area (Å²) in [4.78, 5) is 0. The van der Waals surface area contributed by atoms with Crippen LogP contribution in [0.2, 0.25) is 0 Å². The van der Waals surface area contributed by atoms with E-state index in [0.717, 1.165) is 5.25 Å². The largest absolute Gasteiger partial charge is 0.157 e. The predicted molar refractivity (Wildman–Crippen MR) is 46.8 cm³/mol. The van der Waals surface area contributed by atoms with Gasteiger partial charge in [-0.25, -0.2) is 0 Å². The molecule has 0 amide bonds. The highest BCUT2D eigenvalue weighted by molar-refractivity contribution is 8.76. The molecule has 0 spiro atoms. The smallest absolute Gasteiger partial charge is 0.0154 e. The number of hydrogen-bond acceptors (Lipinski definition) is 3. The van der Waals surface area contributed by atoms with Crippen molar-refractivity contribution in [1.29, 1.82) is 0 Å². The van der Waals surface area contributed by atoms with Crippen molar-refractivity contribution in [3.8, 4) is 0 Å². The summed E-state index contributed by atoms with van der Waals surface area (Å²) >= 11 is 2.10. The third-order valence-corrected chi connectivity index (χ3v) is 5.18. The number of thioether (sulfide) groups is 1. The minimum Gasteiger partial charge on any atom is -0.157 e. The lowest BCUT2D eigenvalue weighted by Crippen LogP contribution is -1.97. The molecule has 1 aliphatic rings. The second-order valence-electron chi connectivity index (χ2n) is 1.79. The van der Waals surface area contributed by atoms with Crippen LogP contribution in [0, 0.1) is 0 Å². The molecule has 3 heteroatoms. The summed E-state index contributed by atoms with van der Waals surface area (Å²) in [6.07, 6.45) is 0. The average molecular weight is 166 g/mol. The van der Waals surface area contributed by atoms with E-state index in [1.54, 1.807) is 0 Å². The highest BCUT2D eigenvalue weighted by Gasteiger charge is 2.06. The lowest BCUT2D eigenvalue weighted by molar-refractivity contribution is 1.13. The molecular weight excluding hydrogens is 156 g/mol. The van der Waals surface area contributed by atoms with Gasteiger partial charge in [-0.3, -0.25) is 0 Å². The Hall–Kier alpha value is 1.05. The molecule has 1 fully saturated rings. The SMILES string of the molecule is CC1CSSCCS1. The summed E-state index contributed by atoms with van der Waals surface area (Å²) < 4.78 is 0. The van der Waals surface area contributed by atoms with Gasteiger partial charge in [0.2, 0.25) is 0 Å². The molecule has 1 aliphatic heterocycles. The van der Waals surface area contributed by atoms with Crippen molar-refractivity contribution in [2.45, 2.75) is 12.2 Å². The molecule has 8 heavy (non-hydrogen) atoms. The monoisotopic (exact) mass is 166 g/mol. The molecule has 0 aromatic rings.